The van der Waals surface area contributed by atoms with Crippen LogP contribution in [0.15, 0.2) is 51.8 Å². The summed E-state index contributed by atoms with van der Waals surface area (Å²) in [5.41, 5.74) is 2.04. The number of rotatable bonds is 4. The van der Waals surface area contributed by atoms with Gasteiger partial charge in [0.15, 0.2) is 15.6 Å². The molecule has 2 aromatic rings. The molecule has 0 saturated heterocycles. The van der Waals surface area contributed by atoms with Crippen molar-refractivity contribution in [1.29, 1.82) is 0 Å². The Morgan fingerprint density at radius 2 is 1.81 bits per heavy atom. The van der Waals surface area contributed by atoms with Crippen molar-refractivity contribution in [2.24, 2.45) is 0 Å². The van der Waals surface area contributed by atoms with Crippen molar-refractivity contribution >= 4 is 31.6 Å². The van der Waals surface area contributed by atoms with Crippen molar-refractivity contribution in [2.45, 2.75) is 18.7 Å². The maximum atomic E-state index is 12.4. The van der Waals surface area contributed by atoms with Gasteiger partial charge in [-0.25, -0.2) is 8.42 Å². The summed E-state index contributed by atoms with van der Waals surface area (Å²) in [4.78, 5) is 12.4. The van der Waals surface area contributed by atoms with Crippen molar-refractivity contribution in [3.05, 3.63) is 63.6 Å². The minimum absolute atomic E-state index is 0.219. The summed E-state index contributed by atoms with van der Waals surface area (Å²) in [7, 11) is -3.63. The van der Waals surface area contributed by atoms with Gasteiger partial charge in [-0.3, -0.25) is 4.79 Å². The van der Waals surface area contributed by atoms with Gasteiger partial charge in [0.05, 0.1) is 4.90 Å². The summed E-state index contributed by atoms with van der Waals surface area (Å²) in [6, 6.07) is 11.8. The second-order valence-electron chi connectivity index (χ2n) is 4.96. The number of benzene rings is 2. The number of ketones is 1. The third-order valence-electron chi connectivity index (χ3n) is 3.13. The van der Waals surface area contributed by atoms with Crippen LogP contribution >= 0.6 is 15.9 Å². The normalized spacial score (nSPS) is 11.4. The lowest BCUT2D eigenvalue weighted by atomic mass is 10.1. The van der Waals surface area contributed by atoms with Crippen molar-refractivity contribution in [3.63, 3.8) is 0 Å². The molecular formula is C16H15BrO3S. The van der Waals surface area contributed by atoms with Crippen LogP contribution in [0.5, 0.6) is 0 Å². The SMILES string of the molecule is Cc1ccc(S(=O)(=O)CC(=O)c2cccc(Br)c2)c(C)c1. The highest BCUT2D eigenvalue weighted by Crippen LogP contribution is 2.20. The number of sulfone groups is 1. The minimum Gasteiger partial charge on any atom is -0.293 e. The second-order valence-corrected chi connectivity index (χ2v) is 7.84. The van der Waals surface area contributed by atoms with Crippen LogP contribution in [-0.2, 0) is 9.84 Å². The van der Waals surface area contributed by atoms with E-state index < -0.39 is 21.4 Å². The van der Waals surface area contributed by atoms with Crippen LogP contribution in [0, 0.1) is 13.8 Å². The summed E-state index contributed by atoms with van der Waals surface area (Å²) in [5, 5.41) is 0. The van der Waals surface area contributed by atoms with Crippen LogP contribution in [0.3, 0.4) is 0 Å². The van der Waals surface area contributed by atoms with Crippen molar-refractivity contribution in [2.75, 3.05) is 5.75 Å². The number of hydrogen-bond acceptors (Lipinski definition) is 3. The molecule has 21 heavy (non-hydrogen) atoms. The van der Waals surface area contributed by atoms with E-state index >= 15 is 0 Å². The zero-order valence-electron chi connectivity index (χ0n) is 11.8. The first-order valence-electron chi connectivity index (χ1n) is 6.38. The molecule has 0 radical (unpaired) electrons. The van der Waals surface area contributed by atoms with Gasteiger partial charge in [0, 0.05) is 10.0 Å². The van der Waals surface area contributed by atoms with E-state index in [2.05, 4.69) is 15.9 Å². The molecule has 0 N–H and O–H groups in total. The van der Waals surface area contributed by atoms with Crippen LogP contribution in [0.4, 0.5) is 0 Å². The van der Waals surface area contributed by atoms with Gasteiger partial charge in [0.25, 0.3) is 0 Å². The van der Waals surface area contributed by atoms with E-state index in [0.29, 0.717) is 11.1 Å². The summed E-state index contributed by atoms with van der Waals surface area (Å²) < 4.78 is 25.5. The van der Waals surface area contributed by atoms with Crippen LogP contribution in [-0.4, -0.2) is 20.0 Å². The third-order valence-corrected chi connectivity index (χ3v) is 5.40. The number of Topliss-reactive ketones (excluding diaryl/α,β-unsaturated/α-hetero) is 1. The Balaban J connectivity index is 2.31. The Kier molecular flexibility index (Phi) is 4.64. The van der Waals surface area contributed by atoms with Gasteiger partial charge in [-0.2, -0.15) is 0 Å². The fraction of sp³-hybridized carbons (Fsp3) is 0.188. The molecule has 0 atom stereocenters. The number of hydrogen-bond donors (Lipinski definition) is 0. The average Bonchev–Trinajstić information content (AvgIpc) is 2.37. The summed E-state index contributed by atoms with van der Waals surface area (Å²) in [6.45, 7) is 3.64. The number of halogens is 1. The van der Waals surface area contributed by atoms with Gasteiger partial charge in [-0.1, -0.05) is 45.8 Å². The Labute approximate surface area is 133 Å². The third kappa shape index (κ3) is 3.80. The Hall–Kier alpha value is -1.46. The first kappa shape index (κ1) is 15.9. The molecule has 0 fully saturated rings. The predicted molar refractivity (Wildman–Crippen MR) is 86.4 cm³/mol. The highest BCUT2D eigenvalue weighted by Gasteiger charge is 2.22. The molecule has 0 heterocycles. The second kappa shape index (κ2) is 6.12. The van der Waals surface area contributed by atoms with Gasteiger partial charge in [-0.05, 0) is 37.6 Å². The molecule has 0 aliphatic rings. The van der Waals surface area contributed by atoms with E-state index in [9.17, 15) is 13.2 Å². The van der Waals surface area contributed by atoms with E-state index in [0.717, 1.165) is 10.0 Å². The van der Waals surface area contributed by atoms with Crippen molar-refractivity contribution in [1.82, 2.24) is 0 Å². The van der Waals surface area contributed by atoms with Gasteiger partial charge in [0.2, 0.25) is 0 Å². The maximum absolute atomic E-state index is 12.4. The molecule has 0 aromatic heterocycles. The van der Waals surface area contributed by atoms with Gasteiger partial charge in [-0.15, -0.1) is 0 Å². The van der Waals surface area contributed by atoms with E-state index in [1.165, 1.54) is 0 Å². The molecule has 5 heteroatoms. The van der Waals surface area contributed by atoms with E-state index in [1.807, 2.05) is 6.92 Å². The fourth-order valence-corrected chi connectivity index (χ4v) is 4.04. The molecule has 0 amide bonds. The van der Waals surface area contributed by atoms with E-state index in [4.69, 9.17) is 0 Å². The molecule has 0 spiro atoms. The molecule has 110 valence electrons. The fourth-order valence-electron chi connectivity index (χ4n) is 2.14. The first-order chi connectivity index (χ1) is 9.79. The number of aryl methyl sites for hydroxylation is 2. The van der Waals surface area contributed by atoms with E-state index in [1.54, 1.807) is 49.4 Å². The topological polar surface area (TPSA) is 51.2 Å². The van der Waals surface area contributed by atoms with Gasteiger partial charge in [0.1, 0.15) is 5.75 Å². The molecule has 0 saturated carbocycles. The molecule has 3 nitrogen and oxygen atoms in total. The number of carbonyl (C=O) groups excluding carboxylic acids is 1. The zero-order valence-corrected chi connectivity index (χ0v) is 14.2. The molecule has 0 unspecified atom stereocenters. The molecule has 2 aromatic carbocycles. The molecule has 0 aliphatic heterocycles. The molecule has 2 rings (SSSR count). The summed E-state index contributed by atoms with van der Waals surface area (Å²) in [6.07, 6.45) is 0. The maximum Gasteiger partial charge on any atom is 0.186 e. The Bertz CT molecular complexity index is 795. The Morgan fingerprint density at radius 1 is 1.10 bits per heavy atom. The zero-order chi connectivity index (χ0) is 15.6. The lowest BCUT2D eigenvalue weighted by Crippen LogP contribution is -2.17. The van der Waals surface area contributed by atoms with Crippen LogP contribution in [0.1, 0.15) is 21.5 Å². The van der Waals surface area contributed by atoms with Gasteiger partial charge < -0.3 is 0 Å². The number of carbonyl (C=O) groups is 1. The van der Waals surface area contributed by atoms with Crippen molar-refractivity contribution in [3.8, 4) is 0 Å². The molecule has 0 aliphatic carbocycles. The van der Waals surface area contributed by atoms with E-state index in [-0.39, 0.29) is 4.90 Å². The van der Waals surface area contributed by atoms with Crippen LogP contribution in [0.25, 0.3) is 0 Å². The average molecular weight is 367 g/mol. The molecule has 0 bridgehead atoms. The highest BCUT2D eigenvalue weighted by molar-refractivity contribution is 9.10. The quantitative estimate of drug-likeness (QED) is 0.774. The lowest BCUT2D eigenvalue weighted by molar-refractivity contribution is 0.102. The van der Waals surface area contributed by atoms with Crippen LogP contribution in [0.2, 0.25) is 0 Å². The Morgan fingerprint density at radius 3 is 2.43 bits per heavy atom. The summed E-state index contributed by atoms with van der Waals surface area (Å²) in [5.74, 6) is -0.927. The van der Waals surface area contributed by atoms with Gasteiger partial charge >= 0.3 is 0 Å². The molecular weight excluding hydrogens is 352 g/mol. The predicted octanol–water partition coefficient (Wildman–Crippen LogP) is 3.72. The monoisotopic (exact) mass is 366 g/mol. The van der Waals surface area contributed by atoms with Crippen LogP contribution < -0.4 is 0 Å². The minimum atomic E-state index is -3.63. The smallest absolute Gasteiger partial charge is 0.186 e. The lowest BCUT2D eigenvalue weighted by Gasteiger charge is -2.08. The highest BCUT2D eigenvalue weighted by atomic mass is 79.9. The largest absolute Gasteiger partial charge is 0.293 e. The standard InChI is InChI=1S/C16H15BrO3S/c1-11-6-7-16(12(2)8-11)21(19,20)10-15(18)13-4-3-5-14(17)9-13/h3-9H,10H2,1-2H3. The summed E-state index contributed by atoms with van der Waals surface area (Å²) >= 11 is 3.27. The van der Waals surface area contributed by atoms with Crippen molar-refractivity contribution < 1.29 is 13.2 Å². The first-order valence-corrected chi connectivity index (χ1v) is 8.83.